The summed E-state index contributed by atoms with van der Waals surface area (Å²) in [5.41, 5.74) is 2.30. The molecule has 1 aliphatic heterocycles. The molecule has 1 aromatic heterocycles. The lowest BCUT2D eigenvalue weighted by Crippen LogP contribution is -2.40. The number of nitrogens with one attached hydrogen (secondary N) is 1. The largest absolute Gasteiger partial charge is 0.342 e. The van der Waals surface area contributed by atoms with E-state index in [1.165, 1.54) is 11.3 Å². The molecule has 0 aliphatic carbocycles. The molecule has 7 nitrogen and oxygen atoms in total. The number of carbonyl (C=O) groups excluding carboxylic acids is 3. The third-order valence-corrected chi connectivity index (χ3v) is 6.58. The van der Waals surface area contributed by atoms with Crippen LogP contribution in [-0.4, -0.2) is 58.7 Å². The Bertz CT molecular complexity index is 962. The minimum atomic E-state index is -0.298. The van der Waals surface area contributed by atoms with E-state index < -0.39 is 0 Å². The lowest BCUT2D eigenvalue weighted by atomic mass is 9.99. The van der Waals surface area contributed by atoms with Gasteiger partial charge in [-0.1, -0.05) is 38.5 Å². The van der Waals surface area contributed by atoms with Crippen molar-refractivity contribution in [3.05, 3.63) is 46.5 Å². The number of thiazole rings is 1. The molecule has 33 heavy (non-hydrogen) atoms. The van der Waals surface area contributed by atoms with Gasteiger partial charge in [0.25, 0.3) is 5.91 Å². The van der Waals surface area contributed by atoms with E-state index in [1.54, 1.807) is 17.0 Å². The van der Waals surface area contributed by atoms with Crippen molar-refractivity contribution in [2.45, 2.75) is 47.0 Å². The third kappa shape index (κ3) is 7.39. The SMILES string of the molecule is Cc1ccc(C(=O)N(CC(=O)Nc2nc(CC(=O)N3CCC(C)CC3)cs2)CC(C)C)cc1. The summed E-state index contributed by atoms with van der Waals surface area (Å²) in [4.78, 5) is 46.1. The molecule has 0 spiro atoms. The van der Waals surface area contributed by atoms with Crippen LogP contribution in [0.2, 0.25) is 0 Å². The summed E-state index contributed by atoms with van der Waals surface area (Å²) in [7, 11) is 0. The molecule has 2 heterocycles. The lowest BCUT2D eigenvalue weighted by molar-refractivity contribution is -0.131. The zero-order valence-electron chi connectivity index (χ0n) is 20.0. The molecule has 0 bridgehead atoms. The number of aryl methyl sites for hydroxylation is 1. The van der Waals surface area contributed by atoms with Crippen LogP contribution in [0.3, 0.4) is 0 Å². The summed E-state index contributed by atoms with van der Waals surface area (Å²) >= 11 is 1.30. The Hall–Kier alpha value is -2.74. The number of benzene rings is 1. The summed E-state index contributed by atoms with van der Waals surface area (Å²) in [6, 6.07) is 7.36. The highest BCUT2D eigenvalue weighted by molar-refractivity contribution is 7.13. The molecule has 1 saturated heterocycles. The molecule has 0 atom stereocenters. The number of likely N-dealkylation sites (tertiary alicyclic amines) is 1. The number of anilines is 1. The molecule has 1 fully saturated rings. The molecule has 1 aliphatic rings. The molecule has 8 heteroatoms. The molecule has 3 amide bonds. The van der Waals surface area contributed by atoms with Crippen molar-refractivity contribution in [1.29, 1.82) is 0 Å². The highest BCUT2D eigenvalue weighted by Gasteiger charge is 2.22. The molecular formula is C25H34N4O3S. The zero-order chi connectivity index (χ0) is 24.0. The van der Waals surface area contributed by atoms with Crippen molar-refractivity contribution >= 4 is 34.2 Å². The Morgan fingerprint density at radius 3 is 2.48 bits per heavy atom. The van der Waals surface area contributed by atoms with Crippen LogP contribution in [0.15, 0.2) is 29.6 Å². The Morgan fingerprint density at radius 2 is 1.85 bits per heavy atom. The van der Waals surface area contributed by atoms with Gasteiger partial charge < -0.3 is 15.1 Å². The number of rotatable bonds is 8. The highest BCUT2D eigenvalue weighted by atomic mass is 32.1. The van der Waals surface area contributed by atoms with E-state index in [0.717, 1.165) is 31.5 Å². The number of hydrogen-bond donors (Lipinski definition) is 1. The topological polar surface area (TPSA) is 82.6 Å². The van der Waals surface area contributed by atoms with Crippen LogP contribution in [0, 0.1) is 18.8 Å². The van der Waals surface area contributed by atoms with E-state index in [1.807, 2.05) is 43.2 Å². The fraction of sp³-hybridized carbons (Fsp3) is 0.520. The number of piperidine rings is 1. The van der Waals surface area contributed by atoms with Crippen LogP contribution in [0.1, 0.15) is 55.2 Å². The van der Waals surface area contributed by atoms with Gasteiger partial charge in [0.2, 0.25) is 11.8 Å². The minimum absolute atomic E-state index is 0.0509. The first-order valence-corrected chi connectivity index (χ1v) is 12.5. The Kier molecular flexibility index (Phi) is 8.61. The predicted octanol–water partition coefficient (Wildman–Crippen LogP) is 3.99. The van der Waals surface area contributed by atoms with E-state index in [0.29, 0.717) is 28.9 Å². The molecule has 0 radical (unpaired) electrons. The zero-order valence-corrected chi connectivity index (χ0v) is 20.8. The van der Waals surface area contributed by atoms with E-state index in [4.69, 9.17) is 0 Å². The van der Waals surface area contributed by atoms with Crippen molar-refractivity contribution < 1.29 is 14.4 Å². The number of aromatic nitrogens is 1. The van der Waals surface area contributed by atoms with Crippen molar-refractivity contribution in [2.24, 2.45) is 11.8 Å². The van der Waals surface area contributed by atoms with Gasteiger partial charge in [0.15, 0.2) is 5.13 Å². The van der Waals surface area contributed by atoms with Crippen LogP contribution in [-0.2, 0) is 16.0 Å². The van der Waals surface area contributed by atoms with Crippen LogP contribution in [0.4, 0.5) is 5.13 Å². The number of amides is 3. The van der Waals surface area contributed by atoms with E-state index in [2.05, 4.69) is 17.2 Å². The highest BCUT2D eigenvalue weighted by Crippen LogP contribution is 2.20. The van der Waals surface area contributed by atoms with Gasteiger partial charge in [-0.15, -0.1) is 11.3 Å². The fourth-order valence-electron chi connectivity index (χ4n) is 3.84. The van der Waals surface area contributed by atoms with Crippen LogP contribution < -0.4 is 5.32 Å². The second-order valence-corrected chi connectivity index (χ2v) is 10.2. The molecule has 178 valence electrons. The second-order valence-electron chi connectivity index (χ2n) is 9.38. The molecular weight excluding hydrogens is 436 g/mol. The summed E-state index contributed by atoms with van der Waals surface area (Å²) in [6.07, 6.45) is 2.32. The second kappa shape index (κ2) is 11.4. The standard InChI is InChI=1S/C25H34N4O3S/c1-17(2)14-29(24(32)20-7-5-18(3)6-8-20)15-22(30)27-25-26-21(16-33-25)13-23(31)28-11-9-19(4)10-12-28/h5-8,16-17,19H,9-15H2,1-4H3,(H,26,27,30). The molecule has 3 rings (SSSR count). The summed E-state index contributed by atoms with van der Waals surface area (Å²) in [5, 5.41) is 5.05. The van der Waals surface area contributed by atoms with Gasteiger partial charge in [0, 0.05) is 30.6 Å². The minimum Gasteiger partial charge on any atom is -0.342 e. The van der Waals surface area contributed by atoms with Crippen LogP contribution in [0.5, 0.6) is 0 Å². The van der Waals surface area contributed by atoms with Gasteiger partial charge in [-0.3, -0.25) is 14.4 Å². The van der Waals surface area contributed by atoms with Crippen molar-refractivity contribution in [1.82, 2.24) is 14.8 Å². The lowest BCUT2D eigenvalue weighted by Gasteiger charge is -2.30. The summed E-state index contributed by atoms with van der Waals surface area (Å²) < 4.78 is 0. The van der Waals surface area contributed by atoms with Crippen LogP contribution in [0.25, 0.3) is 0 Å². The quantitative estimate of drug-likeness (QED) is 0.632. The van der Waals surface area contributed by atoms with Crippen molar-refractivity contribution in [3.63, 3.8) is 0 Å². The smallest absolute Gasteiger partial charge is 0.254 e. The fourth-order valence-corrected chi connectivity index (χ4v) is 4.57. The summed E-state index contributed by atoms with van der Waals surface area (Å²) in [6.45, 7) is 10.2. The normalized spacial score (nSPS) is 14.4. The first-order chi connectivity index (χ1) is 15.7. The van der Waals surface area contributed by atoms with Crippen LogP contribution >= 0.6 is 11.3 Å². The predicted molar refractivity (Wildman–Crippen MR) is 131 cm³/mol. The molecule has 1 N–H and O–H groups in total. The van der Waals surface area contributed by atoms with Crippen molar-refractivity contribution in [3.8, 4) is 0 Å². The Labute approximate surface area is 200 Å². The van der Waals surface area contributed by atoms with E-state index in [9.17, 15) is 14.4 Å². The maximum Gasteiger partial charge on any atom is 0.254 e. The first-order valence-electron chi connectivity index (χ1n) is 11.6. The molecule has 0 saturated carbocycles. The number of nitrogens with zero attached hydrogens (tertiary/aromatic N) is 3. The van der Waals surface area contributed by atoms with E-state index >= 15 is 0 Å². The maximum atomic E-state index is 13.0. The van der Waals surface area contributed by atoms with Gasteiger partial charge in [0.05, 0.1) is 12.1 Å². The van der Waals surface area contributed by atoms with Gasteiger partial charge in [0.1, 0.15) is 6.54 Å². The van der Waals surface area contributed by atoms with E-state index in [-0.39, 0.29) is 36.6 Å². The molecule has 0 unspecified atom stereocenters. The average molecular weight is 471 g/mol. The monoisotopic (exact) mass is 470 g/mol. The number of hydrogen-bond acceptors (Lipinski definition) is 5. The Balaban J connectivity index is 1.57. The third-order valence-electron chi connectivity index (χ3n) is 5.77. The van der Waals surface area contributed by atoms with Gasteiger partial charge in [-0.25, -0.2) is 4.98 Å². The number of carbonyl (C=O) groups is 3. The van der Waals surface area contributed by atoms with Gasteiger partial charge >= 0.3 is 0 Å². The Morgan fingerprint density at radius 1 is 1.18 bits per heavy atom. The van der Waals surface area contributed by atoms with Crippen molar-refractivity contribution in [2.75, 3.05) is 31.5 Å². The molecule has 2 aromatic rings. The first kappa shape index (κ1) is 24.9. The average Bonchev–Trinajstić information content (AvgIpc) is 3.19. The molecule has 1 aromatic carbocycles. The van der Waals surface area contributed by atoms with Gasteiger partial charge in [-0.2, -0.15) is 0 Å². The maximum absolute atomic E-state index is 13.0. The van der Waals surface area contributed by atoms with Gasteiger partial charge in [-0.05, 0) is 43.7 Å². The summed E-state index contributed by atoms with van der Waals surface area (Å²) in [5.74, 6) is 0.510.